The predicted molar refractivity (Wildman–Crippen MR) is 128 cm³/mol. The Hall–Kier alpha value is -2.96. The van der Waals surface area contributed by atoms with E-state index >= 15 is 0 Å². The van der Waals surface area contributed by atoms with Gasteiger partial charge < -0.3 is 14.7 Å². The summed E-state index contributed by atoms with van der Waals surface area (Å²) in [5, 5.41) is 9.46. The maximum atomic E-state index is 14.3. The summed E-state index contributed by atoms with van der Waals surface area (Å²) in [6.45, 7) is 6.22. The van der Waals surface area contributed by atoms with Gasteiger partial charge in [0.15, 0.2) is 0 Å². The maximum absolute atomic E-state index is 14.3. The molecular formula is C27H35F2NO4. The molecule has 0 bridgehead atoms. The zero-order valence-electron chi connectivity index (χ0n) is 20.3. The summed E-state index contributed by atoms with van der Waals surface area (Å²) < 4.78 is 33.3. The van der Waals surface area contributed by atoms with Crippen molar-refractivity contribution >= 4 is 11.9 Å². The summed E-state index contributed by atoms with van der Waals surface area (Å²) >= 11 is 0. The molecule has 0 radical (unpaired) electrons. The van der Waals surface area contributed by atoms with Gasteiger partial charge in [-0.25, -0.2) is 13.6 Å². The predicted octanol–water partition coefficient (Wildman–Crippen LogP) is 6.25. The van der Waals surface area contributed by atoms with E-state index in [0.29, 0.717) is 31.7 Å². The van der Waals surface area contributed by atoms with Crippen molar-refractivity contribution in [2.75, 3.05) is 13.1 Å². The number of nitrogens with zero attached hydrogens (tertiary/aromatic N) is 1. The summed E-state index contributed by atoms with van der Waals surface area (Å²) in [6, 6.07) is 10.1. The Morgan fingerprint density at radius 1 is 1.00 bits per heavy atom. The topological polar surface area (TPSA) is 66.8 Å². The molecule has 0 aliphatic carbocycles. The van der Waals surface area contributed by atoms with Crippen molar-refractivity contribution < 1.29 is 28.2 Å². The van der Waals surface area contributed by atoms with Crippen LogP contribution in [0.5, 0.6) is 5.75 Å². The highest BCUT2D eigenvalue weighted by Gasteiger charge is 2.33. The molecule has 7 heteroatoms. The SMILES string of the molecule is CCCCCCCN(CCc1cccc(OC(C)(CC)C(=O)O)c1)C(=O)c1ccc(F)cc1F. The molecule has 2 aromatic carbocycles. The lowest BCUT2D eigenvalue weighted by Crippen LogP contribution is -2.40. The number of carboxylic acids is 1. The zero-order valence-corrected chi connectivity index (χ0v) is 20.3. The van der Waals surface area contributed by atoms with Crippen LogP contribution in [0.1, 0.15) is 75.2 Å². The molecule has 2 aromatic rings. The number of amides is 1. The molecule has 0 aliphatic rings. The van der Waals surface area contributed by atoms with Gasteiger partial charge in [-0.2, -0.15) is 0 Å². The monoisotopic (exact) mass is 475 g/mol. The fourth-order valence-corrected chi connectivity index (χ4v) is 3.61. The molecule has 0 fully saturated rings. The molecule has 0 aromatic heterocycles. The Bertz CT molecular complexity index is 965. The molecule has 1 unspecified atom stereocenters. The third kappa shape index (κ3) is 7.82. The van der Waals surface area contributed by atoms with Crippen LogP contribution in [0, 0.1) is 11.6 Å². The Morgan fingerprint density at radius 3 is 2.38 bits per heavy atom. The van der Waals surface area contributed by atoms with Gasteiger partial charge in [0.2, 0.25) is 5.60 Å². The molecule has 5 nitrogen and oxygen atoms in total. The minimum atomic E-state index is -1.33. The first-order chi connectivity index (χ1) is 16.2. The largest absolute Gasteiger partial charge is 0.478 e. The molecule has 0 aliphatic heterocycles. The standard InChI is InChI=1S/C27H35F2NO4/c1-4-6-7-8-9-16-30(25(31)23-14-13-21(28)19-24(23)29)17-15-20-11-10-12-22(18-20)34-27(3,5-2)26(32)33/h10-14,18-19H,4-9,15-17H2,1-3H3,(H,32,33). The van der Waals surface area contributed by atoms with E-state index in [-0.39, 0.29) is 5.56 Å². The molecule has 1 atom stereocenters. The van der Waals surface area contributed by atoms with E-state index in [1.54, 1.807) is 30.0 Å². The summed E-state index contributed by atoms with van der Waals surface area (Å²) in [4.78, 5) is 26.2. The number of aliphatic carboxylic acids is 1. The molecule has 0 saturated heterocycles. The number of carbonyl (C=O) groups excluding carboxylic acids is 1. The average Bonchev–Trinajstić information content (AvgIpc) is 2.80. The van der Waals surface area contributed by atoms with E-state index in [9.17, 15) is 23.5 Å². The van der Waals surface area contributed by atoms with Crippen LogP contribution in [0.2, 0.25) is 0 Å². The first-order valence-corrected chi connectivity index (χ1v) is 12.0. The molecule has 0 heterocycles. The summed E-state index contributed by atoms with van der Waals surface area (Å²) in [5.74, 6) is -2.67. The molecule has 34 heavy (non-hydrogen) atoms. The van der Waals surface area contributed by atoms with Crippen molar-refractivity contribution in [2.24, 2.45) is 0 Å². The fraction of sp³-hybridized carbons (Fsp3) is 0.481. The van der Waals surface area contributed by atoms with Crippen LogP contribution >= 0.6 is 0 Å². The average molecular weight is 476 g/mol. The number of benzene rings is 2. The number of hydrogen-bond donors (Lipinski definition) is 1. The van der Waals surface area contributed by atoms with Gasteiger partial charge in [0.05, 0.1) is 5.56 Å². The second-order valence-electron chi connectivity index (χ2n) is 8.72. The molecule has 0 spiro atoms. The highest BCUT2D eigenvalue weighted by molar-refractivity contribution is 5.94. The third-order valence-corrected chi connectivity index (χ3v) is 6.02. The Kier molecular flexibility index (Phi) is 10.5. The van der Waals surface area contributed by atoms with E-state index in [2.05, 4.69) is 6.92 Å². The lowest BCUT2D eigenvalue weighted by molar-refractivity contribution is -0.154. The Labute approximate surface area is 200 Å². The smallest absolute Gasteiger partial charge is 0.347 e. The minimum Gasteiger partial charge on any atom is -0.478 e. The van der Waals surface area contributed by atoms with Crippen LogP contribution < -0.4 is 4.74 Å². The lowest BCUT2D eigenvalue weighted by Gasteiger charge is -2.25. The summed E-state index contributed by atoms with van der Waals surface area (Å²) in [6.07, 6.45) is 5.86. The number of ether oxygens (including phenoxy) is 1. The number of carbonyl (C=O) groups is 2. The van der Waals surface area contributed by atoms with Gasteiger partial charge in [-0.3, -0.25) is 4.79 Å². The number of carboxylic acid groups (broad SMARTS) is 1. The quantitative estimate of drug-likeness (QED) is 0.328. The number of halogens is 2. The van der Waals surface area contributed by atoms with Crippen molar-refractivity contribution in [3.8, 4) is 5.75 Å². The Balaban J connectivity index is 2.13. The van der Waals surface area contributed by atoms with Crippen molar-refractivity contribution in [2.45, 2.75) is 71.3 Å². The molecule has 0 saturated carbocycles. The number of rotatable bonds is 14. The van der Waals surface area contributed by atoms with Gasteiger partial charge in [0, 0.05) is 19.2 Å². The number of unbranched alkanes of at least 4 members (excludes halogenated alkanes) is 4. The fourth-order valence-electron chi connectivity index (χ4n) is 3.61. The van der Waals surface area contributed by atoms with Gasteiger partial charge >= 0.3 is 5.97 Å². The van der Waals surface area contributed by atoms with Crippen LogP contribution in [0.4, 0.5) is 8.78 Å². The Morgan fingerprint density at radius 2 is 1.74 bits per heavy atom. The normalized spacial score (nSPS) is 12.7. The second-order valence-corrected chi connectivity index (χ2v) is 8.72. The van der Waals surface area contributed by atoms with Gasteiger partial charge in [-0.05, 0) is 56.0 Å². The van der Waals surface area contributed by atoms with Crippen LogP contribution in [0.25, 0.3) is 0 Å². The van der Waals surface area contributed by atoms with Crippen LogP contribution in [-0.4, -0.2) is 40.6 Å². The number of hydrogen-bond acceptors (Lipinski definition) is 3. The lowest BCUT2D eigenvalue weighted by atomic mass is 10.0. The van der Waals surface area contributed by atoms with Crippen molar-refractivity contribution in [3.63, 3.8) is 0 Å². The second kappa shape index (κ2) is 13.1. The van der Waals surface area contributed by atoms with E-state index in [1.165, 1.54) is 13.0 Å². The van der Waals surface area contributed by atoms with Gasteiger partial charge in [0.25, 0.3) is 5.91 Å². The minimum absolute atomic E-state index is 0.146. The van der Waals surface area contributed by atoms with E-state index in [0.717, 1.165) is 49.8 Å². The molecule has 2 rings (SSSR count). The zero-order chi connectivity index (χ0) is 25.1. The molecular weight excluding hydrogens is 440 g/mol. The highest BCUT2D eigenvalue weighted by Crippen LogP contribution is 2.23. The molecule has 186 valence electrons. The van der Waals surface area contributed by atoms with Crippen molar-refractivity contribution in [1.82, 2.24) is 4.90 Å². The van der Waals surface area contributed by atoms with Gasteiger partial charge in [-0.1, -0.05) is 51.7 Å². The highest BCUT2D eigenvalue weighted by atomic mass is 19.1. The van der Waals surface area contributed by atoms with Crippen molar-refractivity contribution in [1.29, 1.82) is 0 Å². The van der Waals surface area contributed by atoms with Crippen LogP contribution in [-0.2, 0) is 11.2 Å². The first kappa shape index (κ1) is 27.3. The van der Waals surface area contributed by atoms with E-state index < -0.39 is 29.1 Å². The van der Waals surface area contributed by atoms with Gasteiger partial charge in [-0.15, -0.1) is 0 Å². The van der Waals surface area contributed by atoms with E-state index in [1.807, 2.05) is 6.07 Å². The molecule has 1 amide bonds. The molecule has 1 N–H and O–H groups in total. The summed E-state index contributed by atoms with van der Waals surface area (Å²) in [5.41, 5.74) is -0.615. The first-order valence-electron chi connectivity index (χ1n) is 12.0. The van der Waals surface area contributed by atoms with Crippen molar-refractivity contribution in [3.05, 3.63) is 65.2 Å². The van der Waals surface area contributed by atoms with Crippen LogP contribution in [0.3, 0.4) is 0 Å². The maximum Gasteiger partial charge on any atom is 0.347 e. The third-order valence-electron chi connectivity index (χ3n) is 6.02. The van der Waals surface area contributed by atoms with E-state index in [4.69, 9.17) is 4.74 Å². The van der Waals surface area contributed by atoms with Crippen LogP contribution in [0.15, 0.2) is 42.5 Å². The summed E-state index contributed by atoms with van der Waals surface area (Å²) in [7, 11) is 0. The van der Waals surface area contributed by atoms with Gasteiger partial charge in [0.1, 0.15) is 17.4 Å².